The van der Waals surface area contributed by atoms with Gasteiger partial charge in [-0.2, -0.15) is 10.2 Å². The molecule has 0 radical (unpaired) electrons. The van der Waals surface area contributed by atoms with Gasteiger partial charge in [-0.15, -0.1) is 0 Å². The maximum Gasteiger partial charge on any atom is 0.349 e. The second-order valence-corrected chi connectivity index (χ2v) is 9.22. The van der Waals surface area contributed by atoms with E-state index in [-0.39, 0.29) is 29.3 Å². The lowest BCUT2D eigenvalue weighted by atomic mass is 10.00. The molecule has 170 valence electrons. The van der Waals surface area contributed by atoms with Crippen LogP contribution >= 0.6 is 0 Å². The molecule has 0 bridgehead atoms. The van der Waals surface area contributed by atoms with Gasteiger partial charge in [-0.05, 0) is 56.4 Å². The second-order valence-electron chi connectivity index (χ2n) is 9.22. The van der Waals surface area contributed by atoms with Crippen LogP contribution in [0.4, 0.5) is 10.2 Å². The largest absolute Gasteiger partial charge is 0.352 e. The number of pyridine rings is 1. The van der Waals surface area contributed by atoms with E-state index in [2.05, 4.69) is 38.8 Å². The first-order valence-electron chi connectivity index (χ1n) is 11.4. The fraction of sp³-hybridized carbons (Fsp3) is 0.440. The maximum absolute atomic E-state index is 14.9. The SMILES string of the molecule is CC1CN(c2nc(=O)n(C)c3ccc(C#N)nc23)CCN1C(C)c1ccc(C2CC2)cc1F. The summed E-state index contributed by atoms with van der Waals surface area (Å²) in [7, 11) is 1.65. The van der Waals surface area contributed by atoms with Gasteiger partial charge in [-0.1, -0.05) is 12.1 Å². The summed E-state index contributed by atoms with van der Waals surface area (Å²) < 4.78 is 16.4. The fourth-order valence-corrected chi connectivity index (χ4v) is 4.96. The molecule has 7 nitrogen and oxygen atoms in total. The molecule has 0 amide bonds. The Morgan fingerprint density at radius 1 is 1.18 bits per heavy atom. The summed E-state index contributed by atoms with van der Waals surface area (Å²) in [6, 6.07) is 11.2. The normalized spacial score (nSPS) is 20.1. The zero-order valence-corrected chi connectivity index (χ0v) is 19.1. The number of aryl methyl sites for hydroxylation is 1. The number of fused-ring (bicyclic) bond motifs is 1. The summed E-state index contributed by atoms with van der Waals surface area (Å²) in [5, 5.41) is 9.29. The van der Waals surface area contributed by atoms with Gasteiger partial charge in [0.1, 0.15) is 23.1 Å². The van der Waals surface area contributed by atoms with Crippen LogP contribution in [0.25, 0.3) is 11.0 Å². The molecule has 3 aromatic rings. The van der Waals surface area contributed by atoms with Crippen LogP contribution < -0.4 is 10.6 Å². The van der Waals surface area contributed by atoms with Gasteiger partial charge in [-0.25, -0.2) is 14.2 Å². The van der Waals surface area contributed by atoms with Crippen molar-refractivity contribution >= 4 is 16.9 Å². The number of benzene rings is 1. The third-order valence-corrected chi connectivity index (χ3v) is 7.05. The van der Waals surface area contributed by atoms with Crippen LogP contribution in [0.3, 0.4) is 0 Å². The van der Waals surface area contributed by atoms with Crippen LogP contribution in [-0.4, -0.2) is 45.1 Å². The molecule has 2 unspecified atom stereocenters. The summed E-state index contributed by atoms with van der Waals surface area (Å²) in [5.74, 6) is 0.903. The molecule has 1 aliphatic heterocycles. The van der Waals surface area contributed by atoms with E-state index < -0.39 is 0 Å². The van der Waals surface area contributed by atoms with Crippen LogP contribution in [-0.2, 0) is 7.05 Å². The van der Waals surface area contributed by atoms with Crippen molar-refractivity contribution in [1.29, 1.82) is 5.26 Å². The molecule has 1 aromatic carbocycles. The lowest BCUT2D eigenvalue weighted by Crippen LogP contribution is -2.53. The van der Waals surface area contributed by atoms with Gasteiger partial charge in [0, 0.05) is 44.3 Å². The van der Waals surface area contributed by atoms with Crippen molar-refractivity contribution in [2.24, 2.45) is 7.05 Å². The number of anilines is 1. The Morgan fingerprint density at radius 2 is 1.97 bits per heavy atom. The van der Waals surface area contributed by atoms with Gasteiger partial charge < -0.3 is 4.90 Å². The summed E-state index contributed by atoms with van der Waals surface area (Å²) in [6.45, 7) is 6.11. The number of piperazine rings is 1. The van der Waals surface area contributed by atoms with E-state index in [1.807, 2.05) is 13.0 Å². The van der Waals surface area contributed by atoms with Crippen molar-refractivity contribution < 1.29 is 4.39 Å². The summed E-state index contributed by atoms with van der Waals surface area (Å²) in [6.07, 6.45) is 2.31. The van der Waals surface area contributed by atoms with Crippen LogP contribution in [0.5, 0.6) is 0 Å². The average Bonchev–Trinajstić information content (AvgIpc) is 3.66. The Hall–Kier alpha value is -3.31. The summed E-state index contributed by atoms with van der Waals surface area (Å²) in [5.41, 5.74) is 2.95. The Bertz CT molecular complexity index is 1320. The Morgan fingerprint density at radius 3 is 2.64 bits per heavy atom. The average molecular weight is 447 g/mol. The molecule has 2 fully saturated rings. The number of hydrogen-bond acceptors (Lipinski definition) is 6. The third kappa shape index (κ3) is 3.87. The predicted molar refractivity (Wildman–Crippen MR) is 125 cm³/mol. The summed E-state index contributed by atoms with van der Waals surface area (Å²) in [4.78, 5) is 25.6. The molecule has 5 rings (SSSR count). The van der Waals surface area contributed by atoms with E-state index >= 15 is 0 Å². The van der Waals surface area contributed by atoms with Crippen LogP contribution in [0.15, 0.2) is 35.1 Å². The quantitative estimate of drug-likeness (QED) is 0.611. The minimum Gasteiger partial charge on any atom is -0.352 e. The number of halogens is 1. The Labute approximate surface area is 192 Å². The highest BCUT2D eigenvalue weighted by Gasteiger charge is 2.32. The van der Waals surface area contributed by atoms with E-state index in [1.165, 1.54) is 4.57 Å². The third-order valence-electron chi connectivity index (χ3n) is 7.05. The highest BCUT2D eigenvalue weighted by molar-refractivity contribution is 5.86. The molecular weight excluding hydrogens is 419 g/mol. The highest BCUT2D eigenvalue weighted by atomic mass is 19.1. The summed E-state index contributed by atoms with van der Waals surface area (Å²) >= 11 is 0. The van der Waals surface area contributed by atoms with Crippen molar-refractivity contribution in [1.82, 2.24) is 19.4 Å². The van der Waals surface area contributed by atoms with Crippen LogP contribution in [0.2, 0.25) is 0 Å². The molecule has 1 aliphatic carbocycles. The molecule has 0 N–H and O–H groups in total. The van der Waals surface area contributed by atoms with Crippen molar-refractivity contribution in [3.05, 3.63) is 63.5 Å². The zero-order chi connectivity index (χ0) is 23.3. The van der Waals surface area contributed by atoms with E-state index in [0.29, 0.717) is 42.4 Å². The van der Waals surface area contributed by atoms with Crippen LogP contribution in [0.1, 0.15) is 55.5 Å². The fourth-order valence-electron chi connectivity index (χ4n) is 4.96. The molecule has 1 saturated heterocycles. The predicted octanol–water partition coefficient (Wildman–Crippen LogP) is 3.49. The molecule has 0 spiro atoms. The first kappa shape index (κ1) is 21.5. The number of nitrogens with zero attached hydrogens (tertiary/aromatic N) is 6. The number of hydrogen-bond donors (Lipinski definition) is 0. The topological polar surface area (TPSA) is 78.0 Å². The minimum atomic E-state index is -0.356. The lowest BCUT2D eigenvalue weighted by molar-refractivity contribution is 0.136. The van der Waals surface area contributed by atoms with Crippen molar-refractivity contribution in [3.63, 3.8) is 0 Å². The van der Waals surface area contributed by atoms with E-state index in [9.17, 15) is 14.4 Å². The maximum atomic E-state index is 14.9. The van der Waals surface area contributed by atoms with Gasteiger partial charge >= 0.3 is 5.69 Å². The molecule has 2 atom stereocenters. The number of nitriles is 1. The van der Waals surface area contributed by atoms with Crippen molar-refractivity contribution in [3.8, 4) is 6.07 Å². The van der Waals surface area contributed by atoms with E-state index in [1.54, 1.807) is 25.2 Å². The van der Waals surface area contributed by atoms with Gasteiger partial charge in [0.05, 0.1) is 5.52 Å². The first-order valence-corrected chi connectivity index (χ1v) is 11.4. The molecule has 2 aromatic heterocycles. The molecule has 3 heterocycles. The Kier molecular flexibility index (Phi) is 5.37. The number of aromatic nitrogens is 3. The van der Waals surface area contributed by atoms with Crippen molar-refractivity contribution in [2.45, 2.75) is 44.7 Å². The monoisotopic (exact) mass is 446 g/mol. The Balaban J connectivity index is 1.41. The van der Waals surface area contributed by atoms with Crippen molar-refractivity contribution in [2.75, 3.05) is 24.5 Å². The molecular formula is C25H27FN6O. The van der Waals surface area contributed by atoms with Gasteiger partial charge in [0.25, 0.3) is 0 Å². The van der Waals surface area contributed by atoms with Crippen LogP contribution in [0, 0.1) is 17.1 Å². The molecule has 8 heteroatoms. The number of rotatable bonds is 4. The van der Waals surface area contributed by atoms with E-state index in [0.717, 1.165) is 24.0 Å². The molecule has 1 saturated carbocycles. The second kappa shape index (κ2) is 8.23. The molecule has 2 aliphatic rings. The van der Waals surface area contributed by atoms with Gasteiger partial charge in [-0.3, -0.25) is 9.47 Å². The smallest absolute Gasteiger partial charge is 0.349 e. The lowest BCUT2D eigenvalue weighted by Gasteiger charge is -2.43. The zero-order valence-electron chi connectivity index (χ0n) is 19.1. The highest BCUT2D eigenvalue weighted by Crippen LogP contribution is 2.41. The van der Waals surface area contributed by atoms with Gasteiger partial charge in [0.2, 0.25) is 0 Å². The standard InChI is InChI=1S/C25H27FN6O/c1-15-14-31(24-23-22(30(3)25(33)29-24)9-7-19(13-27)28-23)10-11-32(15)16(2)20-8-6-18(12-21(20)26)17-4-5-17/h6-9,12,15-17H,4-5,10-11,14H2,1-3H3. The first-order chi connectivity index (χ1) is 15.9. The van der Waals surface area contributed by atoms with Gasteiger partial charge in [0.15, 0.2) is 5.82 Å². The van der Waals surface area contributed by atoms with E-state index in [4.69, 9.17) is 0 Å². The molecule has 33 heavy (non-hydrogen) atoms. The minimum absolute atomic E-state index is 0.0629.